The van der Waals surface area contributed by atoms with Crippen LogP contribution in [-0.4, -0.2) is 41.8 Å². The normalized spacial score (nSPS) is 15.0. The van der Waals surface area contributed by atoms with Crippen molar-refractivity contribution in [1.82, 2.24) is 4.31 Å². The summed E-state index contributed by atoms with van der Waals surface area (Å²) in [6.07, 6.45) is 1.53. The van der Waals surface area contributed by atoms with Gasteiger partial charge in [0.15, 0.2) is 0 Å². The van der Waals surface area contributed by atoms with Crippen LogP contribution in [0, 0.1) is 10.1 Å². The Hall–Kier alpha value is -2.43. The summed E-state index contributed by atoms with van der Waals surface area (Å²) in [6.45, 7) is 0.803. The van der Waals surface area contributed by atoms with Crippen LogP contribution in [0.15, 0.2) is 57.2 Å². The molecule has 1 N–H and O–H groups in total. The summed E-state index contributed by atoms with van der Waals surface area (Å²) >= 11 is 0.918. The maximum absolute atomic E-state index is 12.6. The van der Waals surface area contributed by atoms with Crippen LogP contribution in [0.25, 0.3) is 0 Å². The van der Waals surface area contributed by atoms with Crippen LogP contribution in [-0.2, 0) is 10.0 Å². The lowest BCUT2D eigenvalue weighted by Gasteiger charge is -2.15. The molecule has 142 valence electrons. The van der Waals surface area contributed by atoms with Crippen molar-refractivity contribution in [3.8, 4) is 0 Å². The molecule has 2 aromatic rings. The molecule has 2 aromatic carbocycles. The number of hydrogen-bond acceptors (Lipinski definition) is 6. The van der Waals surface area contributed by atoms with Crippen molar-refractivity contribution in [3.05, 3.63) is 58.1 Å². The van der Waals surface area contributed by atoms with E-state index in [0.717, 1.165) is 30.7 Å². The van der Waals surface area contributed by atoms with Crippen LogP contribution < -0.4 is 0 Å². The first-order valence-electron chi connectivity index (χ1n) is 8.09. The first kappa shape index (κ1) is 19.3. The Balaban J connectivity index is 2.01. The van der Waals surface area contributed by atoms with Crippen LogP contribution in [0.1, 0.15) is 23.2 Å². The van der Waals surface area contributed by atoms with E-state index >= 15 is 0 Å². The molecule has 0 unspecified atom stereocenters. The highest BCUT2D eigenvalue weighted by molar-refractivity contribution is 7.99. The molecule has 0 aromatic heterocycles. The van der Waals surface area contributed by atoms with Gasteiger partial charge in [-0.05, 0) is 37.1 Å². The van der Waals surface area contributed by atoms with Crippen molar-refractivity contribution in [2.45, 2.75) is 27.5 Å². The molecule has 8 nitrogen and oxygen atoms in total. The van der Waals surface area contributed by atoms with Gasteiger partial charge in [0.2, 0.25) is 10.0 Å². The summed E-state index contributed by atoms with van der Waals surface area (Å²) < 4.78 is 26.6. The van der Waals surface area contributed by atoms with Gasteiger partial charge in [0.25, 0.3) is 5.69 Å². The predicted octanol–water partition coefficient (Wildman–Crippen LogP) is 3.23. The van der Waals surface area contributed by atoms with Crippen molar-refractivity contribution in [2.75, 3.05) is 13.1 Å². The van der Waals surface area contributed by atoms with Gasteiger partial charge in [-0.25, -0.2) is 13.2 Å². The van der Waals surface area contributed by atoms with Crippen LogP contribution in [0.4, 0.5) is 5.69 Å². The third kappa shape index (κ3) is 3.97. The van der Waals surface area contributed by atoms with Gasteiger partial charge in [-0.1, -0.05) is 23.9 Å². The first-order chi connectivity index (χ1) is 12.8. The number of sulfonamides is 1. The standard InChI is InChI=1S/C17H16N2O6S2/c20-17(21)13-5-1-2-6-15(13)26-16-8-7-12(11-14(16)19(22)23)27(24,25)18-9-3-4-10-18/h1-2,5-8,11H,3-4,9-10H2,(H,20,21). The second kappa shape index (κ2) is 7.67. The molecule has 0 aliphatic carbocycles. The zero-order valence-electron chi connectivity index (χ0n) is 14.1. The van der Waals surface area contributed by atoms with E-state index in [2.05, 4.69) is 0 Å². The van der Waals surface area contributed by atoms with Gasteiger partial charge in [0.1, 0.15) is 0 Å². The van der Waals surface area contributed by atoms with Crippen LogP contribution in [0.2, 0.25) is 0 Å². The number of rotatable bonds is 6. The Morgan fingerprint density at radius 1 is 1.11 bits per heavy atom. The average Bonchev–Trinajstić information content (AvgIpc) is 3.17. The molecule has 1 aliphatic heterocycles. The lowest BCUT2D eigenvalue weighted by molar-refractivity contribution is -0.388. The van der Waals surface area contributed by atoms with Crippen LogP contribution >= 0.6 is 11.8 Å². The van der Waals surface area contributed by atoms with Crippen molar-refractivity contribution in [3.63, 3.8) is 0 Å². The molecule has 1 fully saturated rings. The van der Waals surface area contributed by atoms with Gasteiger partial charge in [-0.3, -0.25) is 10.1 Å². The Morgan fingerprint density at radius 2 is 1.78 bits per heavy atom. The summed E-state index contributed by atoms with van der Waals surface area (Å²) in [4.78, 5) is 22.6. The smallest absolute Gasteiger partial charge is 0.336 e. The number of nitro benzene ring substituents is 1. The predicted molar refractivity (Wildman–Crippen MR) is 98.6 cm³/mol. The number of aromatic carboxylic acids is 1. The molecule has 0 radical (unpaired) electrons. The fourth-order valence-electron chi connectivity index (χ4n) is 2.81. The lowest BCUT2D eigenvalue weighted by Crippen LogP contribution is -2.27. The summed E-state index contributed by atoms with van der Waals surface area (Å²) in [5.74, 6) is -1.14. The van der Waals surface area contributed by atoms with Gasteiger partial charge in [0, 0.05) is 24.1 Å². The van der Waals surface area contributed by atoms with E-state index in [1.807, 2.05) is 0 Å². The molecular formula is C17H16N2O6S2. The molecule has 1 heterocycles. The summed E-state index contributed by atoms with van der Waals surface area (Å²) in [5.41, 5.74) is -0.356. The second-order valence-electron chi connectivity index (χ2n) is 5.90. The maximum atomic E-state index is 12.6. The minimum absolute atomic E-state index is 0.0190. The molecule has 0 bridgehead atoms. The molecule has 0 atom stereocenters. The number of carboxylic acid groups (broad SMARTS) is 1. The molecule has 0 spiro atoms. The molecule has 1 saturated heterocycles. The number of nitro groups is 1. The minimum Gasteiger partial charge on any atom is -0.478 e. The number of carbonyl (C=O) groups is 1. The largest absolute Gasteiger partial charge is 0.478 e. The van der Waals surface area contributed by atoms with Gasteiger partial charge >= 0.3 is 5.97 Å². The monoisotopic (exact) mass is 408 g/mol. The van der Waals surface area contributed by atoms with Crippen molar-refractivity contribution in [1.29, 1.82) is 0 Å². The van der Waals surface area contributed by atoms with E-state index in [0.29, 0.717) is 18.0 Å². The second-order valence-corrected chi connectivity index (χ2v) is 8.92. The van der Waals surface area contributed by atoms with E-state index in [9.17, 15) is 28.4 Å². The van der Waals surface area contributed by atoms with Crippen molar-refractivity contribution in [2.24, 2.45) is 0 Å². The maximum Gasteiger partial charge on any atom is 0.336 e. The molecule has 10 heteroatoms. The van der Waals surface area contributed by atoms with Gasteiger partial charge in [-0.2, -0.15) is 4.31 Å². The Morgan fingerprint density at radius 3 is 2.41 bits per heavy atom. The number of benzene rings is 2. The molecule has 0 amide bonds. The first-order valence-corrected chi connectivity index (χ1v) is 10.3. The van der Waals surface area contributed by atoms with Gasteiger partial charge < -0.3 is 5.11 Å². The van der Waals surface area contributed by atoms with Crippen LogP contribution in [0.5, 0.6) is 0 Å². The molecule has 0 saturated carbocycles. The molecule has 1 aliphatic rings. The van der Waals surface area contributed by atoms with Gasteiger partial charge in [-0.15, -0.1) is 0 Å². The molecular weight excluding hydrogens is 392 g/mol. The molecule has 3 rings (SSSR count). The zero-order valence-corrected chi connectivity index (χ0v) is 15.7. The Bertz CT molecular complexity index is 1000. The Labute approximate surface area is 160 Å². The van der Waals surface area contributed by atoms with E-state index in [1.54, 1.807) is 18.2 Å². The summed E-state index contributed by atoms with van der Waals surface area (Å²) in [6, 6.07) is 9.87. The van der Waals surface area contributed by atoms with Crippen molar-refractivity contribution >= 4 is 33.4 Å². The SMILES string of the molecule is O=C(O)c1ccccc1Sc1ccc(S(=O)(=O)N2CCCC2)cc1[N+](=O)[O-]. The lowest BCUT2D eigenvalue weighted by atomic mass is 10.2. The van der Waals surface area contributed by atoms with Crippen LogP contribution in [0.3, 0.4) is 0 Å². The zero-order chi connectivity index (χ0) is 19.6. The van der Waals surface area contributed by atoms with Gasteiger partial charge in [0.05, 0.1) is 20.3 Å². The number of carboxylic acids is 1. The number of hydrogen-bond donors (Lipinski definition) is 1. The summed E-state index contributed by atoms with van der Waals surface area (Å²) in [5, 5.41) is 20.8. The highest BCUT2D eigenvalue weighted by Crippen LogP contribution is 2.38. The quantitative estimate of drug-likeness (QED) is 0.576. The topological polar surface area (TPSA) is 118 Å². The van der Waals surface area contributed by atoms with Crippen molar-refractivity contribution < 1.29 is 23.2 Å². The fourth-order valence-corrected chi connectivity index (χ4v) is 5.38. The molecule has 27 heavy (non-hydrogen) atoms. The third-order valence-corrected chi connectivity index (χ3v) is 7.20. The van der Waals surface area contributed by atoms with E-state index in [1.165, 1.54) is 22.5 Å². The highest BCUT2D eigenvalue weighted by Gasteiger charge is 2.29. The summed E-state index contributed by atoms with van der Waals surface area (Å²) in [7, 11) is -3.78. The van der Waals surface area contributed by atoms with E-state index in [4.69, 9.17) is 0 Å². The van der Waals surface area contributed by atoms with E-state index in [-0.39, 0.29) is 21.0 Å². The fraction of sp³-hybridized carbons (Fsp3) is 0.235. The Kier molecular flexibility index (Phi) is 5.49. The third-order valence-electron chi connectivity index (χ3n) is 4.17. The average molecular weight is 408 g/mol. The minimum atomic E-state index is -3.78. The highest BCUT2D eigenvalue weighted by atomic mass is 32.2. The number of nitrogens with zero attached hydrogens (tertiary/aromatic N) is 2. The van der Waals surface area contributed by atoms with E-state index < -0.39 is 20.9 Å².